The predicted octanol–water partition coefficient (Wildman–Crippen LogP) is 1.36. The molecule has 0 aliphatic heterocycles. The Labute approximate surface area is 116 Å². The molecule has 0 fully saturated rings. The van der Waals surface area contributed by atoms with Gasteiger partial charge in [-0.25, -0.2) is 20.8 Å². The quantitative estimate of drug-likeness (QED) is 0.560. The van der Waals surface area contributed by atoms with Crippen LogP contribution < -0.4 is 16.6 Å². The summed E-state index contributed by atoms with van der Waals surface area (Å²) in [5.41, 5.74) is 4.31. The molecule has 0 aliphatic carbocycles. The summed E-state index contributed by atoms with van der Waals surface area (Å²) in [5, 5.41) is 2.72. The maximum Gasteiger partial charge on any atom is 0.255 e. The highest BCUT2D eigenvalue weighted by molar-refractivity contribution is 6.04. The molecular weight excluding hydrogens is 256 g/mol. The molecule has 0 atom stereocenters. The number of nitrogens with two attached hydrogens (primary N) is 1. The summed E-state index contributed by atoms with van der Waals surface area (Å²) in [4.78, 5) is 24.1. The second kappa shape index (κ2) is 6.58. The molecule has 7 heteroatoms. The molecule has 2 heterocycles. The van der Waals surface area contributed by atoms with Crippen molar-refractivity contribution in [3.8, 4) is 0 Å². The number of nitrogens with zero attached hydrogens (tertiary/aromatic N) is 3. The summed E-state index contributed by atoms with van der Waals surface area (Å²) in [6.45, 7) is 2.05. The first-order valence-corrected chi connectivity index (χ1v) is 6.27. The number of anilines is 2. The number of hydrogen-bond donors (Lipinski definition) is 3. The van der Waals surface area contributed by atoms with Gasteiger partial charge in [0.15, 0.2) is 0 Å². The molecule has 0 aromatic carbocycles. The van der Waals surface area contributed by atoms with Gasteiger partial charge in [-0.1, -0.05) is 13.3 Å². The highest BCUT2D eigenvalue weighted by Gasteiger charge is 2.10. The zero-order chi connectivity index (χ0) is 14.4. The van der Waals surface area contributed by atoms with Gasteiger partial charge in [0.05, 0.1) is 18.1 Å². The van der Waals surface area contributed by atoms with Crippen LogP contribution in [-0.4, -0.2) is 20.9 Å². The minimum absolute atomic E-state index is 0.254. The van der Waals surface area contributed by atoms with E-state index in [0.717, 1.165) is 18.5 Å². The van der Waals surface area contributed by atoms with E-state index in [0.29, 0.717) is 17.1 Å². The lowest BCUT2D eigenvalue weighted by molar-refractivity contribution is 0.102. The molecule has 20 heavy (non-hydrogen) atoms. The minimum Gasteiger partial charge on any atom is -0.319 e. The van der Waals surface area contributed by atoms with E-state index >= 15 is 0 Å². The van der Waals surface area contributed by atoms with E-state index in [1.54, 1.807) is 12.1 Å². The standard InChI is InChI=1S/C13H16N6O/c1-2-3-10-4-9(5-12(17-10)19-14)13(20)18-11-6-15-8-16-7-11/h4-8H,2-3,14H2,1H3,(H,17,19)(H,18,20). The minimum atomic E-state index is -0.254. The Morgan fingerprint density at radius 2 is 2.05 bits per heavy atom. The third-order valence-electron chi connectivity index (χ3n) is 2.61. The van der Waals surface area contributed by atoms with Crippen molar-refractivity contribution >= 4 is 17.4 Å². The number of aryl methyl sites for hydroxylation is 1. The third-order valence-corrected chi connectivity index (χ3v) is 2.61. The second-order valence-electron chi connectivity index (χ2n) is 4.21. The summed E-state index contributed by atoms with van der Waals surface area (Å²) in [6, 6.07) is 3.35. The molecule has 104 valence electrons. The van der Waals surface area contributed by atoms with E-state index in [4.69, 9.17) is 5.84 Å². The monoisotopic (exact) mass is 272 g/mol. The van der Waals surface area contributed by atoms with Crippen LogP contribution in [0.3, 0.4) is 0 Å². The summed E-state index contributed by atoms with van der Waals surface area (Å²) in [7, 11) is 0. The van der Waals surface area contributed by atoms with Gasteiger partial charge in [0.2, 0.25) is 0 Å². The summed E-state index contributed by atoms with van der Waals surface area (Å²) < 4.78 is 0. The molecular formula is C13H16N6O. The first kappa shape index (κ1) is 13.9. The lowest BCUT2D eigenvalue weighted by Crippen LogP contribution is -2.15. The van der Waals surface area contributed by atoms with Crippen molar-refractivity contribution in [3.63, 3.8) is 0 Å². The Hall–Kier alpha value is -2.54. The molecule has 7 nitrogen and oxygen atoms in total. The third kappa shape index (κ3) is 3.48. The maximum atomic E-state index is 12.2. The second-order valence-corrected chi connectivity index (χ2v) is 4.21. The Morgan fingerprint density at radius 3 is 2.70 bits per heavy atom. The number of carbonyl (C=O) groups is 1. The SMILES string of the molecule is CCCc1cc(C(=O)Nc2cncnc2)cc(NN)n1. The molecule has 0 spiro atoms. The number of carbonyl (C=O) groups excluding carboxylic acids is 1. The van der Waals surface area contributed by atoms with Crippen LogP contribution in [0.1, 0.15) is 29.4 Å². The molecule has 2 aromatic heterocycles. The average molecular weight is 272 g/mol. The van der Waals surface area contributed by atoms with Crippen LogP contribution in [0, 0.1) is 0 Å². The van der Waals surface area contributed by atoms with Crippen LogP contribution >= 0.6 is 0 Å². The van der Waals surface area contributed by atoms with Gasteiger partial charge in [-0.15, -0.1) is 0 Å². The van der Waals surface area contributed by atoms with Crippen molar-refractivity contribution < 1.29 is 4.79 Å². The van der Waals surface area contributed by atoms with Gasteiger partial charge in [0, 0.05) is 11.3 Å². The van der Waals surface area contributed by atoms with Crippen molar-refractivity contribution in [1.82, 2.24) is 15.0 Å². The molecule has 0 aliphatic rings. The number of hydrogen-bond acceptors (Lipinski definition) is 6. The molecule has 2 rings (SSSR count). The van der Waals surface area contributed by atoms with Gasteiger partial charge in [-0.2, -0.15) is 0 Å². The first-order valence-electron chi connectivity index (χ1n) is 6.27. The van der Waals surface area contributed by atoms with Gasteiger partial charge >= 0.3 is 0 Å². The van der Waals surface area contributed by atoms with E-state index in [1.165, 1.54) is 18.7 Å². The predicted molar refractivity (Wildman–Crippen MR) is 76.0 cm³/mol. The zero-order valence-electron chi connectivity index (χ0n) is 11.1. The lowest BCUT2D eigenvalue weighted by atomic mass is 10.1. The largest absolute Gasteiger partial charge is 0.319 e. The highest BCUT2D eigenvalue weighted by Crippen LogP contribution is 2.13. The Kier molecular flexibility index (Phi) is 4.56. The van der Waals surface area contributed by atoms with Gasteiger partial charge in [-0.05, 0) is 18.6 Å². The van der Waals surface area contributed by atoms with Crippen molar-refractivity contribution in [1.29, 1.82) is 0 Å². The Bertz CT molecular complexity index is 587. The molecule has 1 amide bonds. The van der Waals surface area contributed by atoms with Gasteiger partial charge in [0.25, 0.3) is 5.91 Å². The van der Waals surface area contributed by atoms with Crippen molar-refractivity contribution in [2.24, 2.45) is 5.84 Å². The fourth-order valence-corrected chi connectivity index (χ4v) is 1.74. The van der Waals surface area contributed by atoms with E-state index in [2.05, 4.69) is 25.7 Å². The van der Waals surface area contributed by atoms with Crippen molar-refractivity contribution in [2.75, 3.05) is 10.7 Å². The van der Waals surface area contributed by atoms with Crippen molar-refractivity contribution in [2.45, 2.75) is 19.8 Å². The normalized spacial score (nSPS) is 10.1. The summed E-state index contributed by atoms with van der Waals surface area (Å²) in [5.74, 6) is 5.58. The fourth-order valence-electron chi connectivity index (χ4n) is 1.74. The average Bonchev–Trinajstić information content (AvgIpc) is 2.48. The maximum absolute atomic E-state index is 12.2. The molecule has 0 unspecified atom stereocenters. The smallest absolute Gasteiger partial charge is 0.255 e. The summed E-state index contributed by atoms with van der Waals surface area (Å²) in [6.07, 6.45) is 6.18. The summed E-state index contributed by atoms with van der Waals surface area (Å²) >= 11 is 0. The van der Waals surface area contributed by atoms with E-state index in [-0.39, 0.29) is 5.91 Å². The highest BCUT2D eigenvalue weighted by atomic mass is 16.1. The molecule has 4 N–H and O–H groups in total. The van der Waals surface area contributed by atoms with Crippen LogP contribution in [0.2, 0.25) is 0 Å². The van der Waals surface area contributed by atoms with Crippen LogP contribution in [0.25, 0.3) is 0 Å². The number of rotatable bonds is 5. The number of nitrogens with one attached hydrogen (secondary N) is 2. The number of amides is 1. The van der Waals surface area contributed by atoms with E-state index < -0.39 is 0 Å². The molecule has 2 aromatic rings. The van der Waals surface area contributed by atoms with Gasteiger partial charge in [0.1, 0.15) is 12.1 Å². The molecule has 0 bridgehead atoms. The van der Waals surface area contributed by atoms with Crippen LogP contribution in [0.5, 0.6) is 0 Å². The Morgan fingerprint density at radius 1 is 1.30 bits per heavy atom. The number of hydrazine groups is 1. The number of pyridine rings is 1. The van der Waals surface area contributed by atoms with Crippen LogP contribution in [0.4, 0.5) is 11.5 Å². The zero-order valence-corrected chi connectivity index (χ0v) is 11.1. The molecule has 0 saturated carbocycles. The van der Waals surface area contributed by atoms with Gasteiger partial charge in [-0.3, -0.25) is 4.79 Å². The first-order chi connectivity index (χ1) is 9.72. The number of aromatic nitrogens is 3. The topological polar surface area (TPSA) is 106 Å². The fraction of sp³-hybridized carbons (Fsp3) is 0.231. The van der Waals surface area contributed by atoms with E-state index in [1.807, 2.05) is 6.92 Å². The molecule has 0 radical (unpaired) electrons. The van der Waals surface area contributed by atoms with E-state index in [9.17, 15) is 4.79 Å². The van der Waals surface area contributed by atoms with Crippen molar-refractivity contribution in [3.05, 3.63) is 42.1 Å². The Balaban J connectivity index is 2.22. The molecule has 0 saturated heterocycles. The lowest BCUT2D eigenvalue weighted by Gasteiger charge is -2.08. The van der Waals surface area contributed by atoms with Crippen LogP contribution in [-0.2, 0) is 6.42 Å². The van der Waals surface area contributed by atoms with Gasteiger partial charge < -0.3 is 10.7 Å². The van der Waals surface area contributed by atoms with Crippen LogP contribution in [0.15, 0.2) is 30.9 Å². The number of nitrogen functional groups attached to an aromatic ring is 1.